The highest BCUT2D eigenvalue weighted by molar-refractivity contribution is 9.11. The molecule has 756 valence electrons. The van der Waals surface area contributed by atoms with Gasteiger partial charge in [-0.3, -0.25) is 0 Å². The van der Waals surface area contributed by atoms with Crippen molar-refractivity contribution in [3.8, 4) is 5.75 Å². The van der Waals surface area contributed by atoms with Gasteiger partial charge in [0.05, 0.1) is 48.9 Å². The molecule has 0 fully saturated rings. The second-order valence-electron chi connectivity index (χ2n) is 38.4. The number of carbonyl (C=O) groups excluding carboxylic acids is 1. The lowest BCUT2D eigenvalue weighted by Gasteiger charge is -2.38. The number of benzene rings is 13. The van der Waals surface area contributed by atoms with E-state index in [9.17, 15) is 31.1 Å². The number of hydrogen-bond donors (Lipinski definition) is 12. The molecule has 0 saturated carbocycles. The van der Waals surface area contributed by atoms with Gasteiger partial charge in [0.1, 0.15) is 23.2 Å². The van der Waals surface area contributed by atoms with Crippen LogP contribution in [0.1, 0.15) is 182 Å². The number of ether oxygens (including phenoxy) is 1. The molecule has 12 heterocycles. The first-order valence-electron chi connectivity index (χ1n) is 49.3. The molecule has 30 heteroatoms. The fourth-order valence-corrected chi connectivity index (χ4v) is 23.7. The third kappa shape index (κ3) is 22.2. The minimum atomic E-state index is -4.32. The predicted molar refractivity (Wildman–Crippen MR) is 605 cm³/mol. The van der Waals surface area contributed by atoms with Crippen molar-refractivity contribution in [2.75, 3.05) is 51.7 Å². The molecule has 6 aliphatic heterocycles. The van der Waals surface area contributed by atoms with Crippen LogP contribution in [-0.2, 0) is 44.7 Å². The molecule has 13 aromatic carbocycles. The summed E-state index contributed by atoms with van der Waals surface area (Å²) in [5.74, 6) is -0.177. The minimum absolute atomic E-state index is 0.102. The molecule has 19 aromatic rings. The maximum absolute atomic E-state index is 14.1. The standard InChI is InChI=1S/C25H21ClFN3O2.C21H22BrN3S.C20H21ClN2.C18H14ClF3N2.C17H14Br2N2.C17H13BrF2N2/c1-32-19-8-5-15(6-9-19)24-23-20(21-13-16(26)7-10-22(21)29-23)11-12-30(24)25(31)28-18-4-2-3-17(27)14-18;1-13(2)23-21(26)25-11-10-16-17-12-15(22)8-9-18(17)24-19(16)20(25)14-6-4-3-5-7-14;1-12(2)13-3-5-14(6-4-13)19-20-16(9-10-22-19)17-11-15(21)7-8-18(17)23-20;19-12-5-6-15-14(9-12)13-7-8-23-16(17(13)24-15)10-1-3-11(4-2-10)18(20,21)22;18-11-3-1-10(2-4-11)16-17-13(7-8-20-16)14-9-12(19)5-6-15(14)21-17;18-9-1-4-15-13(7-9)11-5-6-21-16(17(11)22-15)12-3-2-10(19)8-14(12)20/h2-10,13-14,24,29H,11-12H2,1H3,(H,28,31);3-9,12-13,20,24H,10-11H2,1-2H3,(H,23,26);3-8,11-12,19,22-23H,9-10H2,1-2H3;1-6,9,16,23-24H,7-8H2;1-6,9,16,20-21H,7-8H2;1-4,7-8,16,21-22H,5-6H2. The maximum Gasteiger partial charge on any atom is 0.416 e. The van der Waals surface area contributed by atoms with Gasteiger partial charge < -0.3 is 76.3 Å². The Labute approximate surface area is 906 Å². The molecule has 6 unspecified atom stereocenters. The Morgan fingerprint density at radius 1 is 0.392 bits per heavy atom. The first-order chi connectivity index (χ1) is 71.5. The van der Waals surface area contributed by atoms with Crippen LogP contribution in [0.2, 0.25) is 15.1 Å². The molecule has 0 spiro atoms. The zero-order valence-corrected chi connectivity index (χ0v) is 90.6. The summed E-state index contributed by atoms with van der Waals surface area (Å²) in [5, 5.41) is 30.4. The second-order valence-corrected chi connectivity index (χ2v) is 43.7. The number of nitrogens with one attached hydrogen (secondary N) is 12. The van der Waals surface area contributed by atoms with E-state index in [-0.39, 0.29) is 42.3 Å². The lowest BCUT2D eigenvalue weighted by Crippen LogP contribution is -2.47. The van der Waals surface area contributed by atoms with Crippen molar-refractivity contribution in [2.24, 2.45) is 0 Å². The molecular formula is C118H105Br4Cl3F6N14O2S. The van der Waals surface area contributed by atoms with Crippen LogP contribution in [-0.4, -0.2) is 103 Å². The van der Waals surface area contributed by atoms with E-state index in [4.69, 9.17) is 51.8 Å². The zero-order chi connectivity index (χ0) is 103. The number of amides is 2. The Morgan fingerprint density at radius 2 is 0.764 bits per heavy atom. The smallest absolute Gasteiger partial charge is 0.416 e. The number of anilines is 1. The summed E-state index contributed by atoms with van der Waals surface area (Å²) in [6.07, 6.45) is 1.18. The van der Waals surface area contributed by atoms with Gasteiger partial charge in [0.2, 0.25) is 0 Å². The molecule has 0 bridgehead atoms. The lowest BCUT2D eigenvalue weighted by atomic mass is 9.92. The van der Waals surface area contributed by atoms with Gasteiger partial charge in [0, 0.05) is 195 Å². The number of H-pyrrole nitrogens is 6. The van der Waals surface area contributed by atoms with Gasteiger partial charge in [0.15, 0.2) is 5.11 Å². The van der Waals surface area contributed by atoms with Crippen molar-refractivity contribution in [3.05, 3.63) is 442 Å². The minimum Gasteiger partial charge on any atom is -0.497 e. The van der Waals surface area contributed by atoms with Crippen LogP contribution in [0.25, 0.3) is 65.4 Å². The third-order valence-electron chi connectivity index (χ3n) is 28.4. The first-order valence-corrected chi connectivity index (χ1v) is 54.0. The van der Waals surface area contributed by atoms with E-state index in [1.807, 2.05) is 78.9 Å². The van der Waals surface area contributed by atoms with Crippen molar-refractivity contribution in [1.29, 1.82) is 0 Å². The zero-order valence-electron chi connectivity index (χ0n) is 81.2. The molecule has 25 rings (SSSR count). The molecule has 148 heavy (non-hydrogen) atoms. The Bertz CT molecular complexity index is 8120. The van der Waals surface area contributed by atoms with E-state index >= 15 is 0 Å². The van der Waals surface area contributed by atoms with Crippen molar-refractivity contribution in [2.45, 2.75) is 121 Å². The number of carbonyl (C=O) groups is 1. The summed E-state index contributed by atoms with van der Waals surface area (Å²) in [7, 11) is 1.62. The predicted octanol–water partition coefficient (Wildman–Crippen LogP) is 30.9. The molecular weight excluding hydrogens is 2220 g/mol. The van der Waals surface area contributed by atoms with E-state index in [0.717, 1.165) is 183 Å². The number of methoxy groups -OCH3 is 1. The topological polar surface area (TPSA) is 200 Å². The quantitative estimate of drug-likeness (QED) is 0.0465. The largest absolute Gasteiger partial charge is 0.497 e. The number of aromatic nitrogens is 6. The normalized spacial score (nSPS) is 17.1. The van der Waals surface area contributed by atoms with E-state index in [1.165, 1.54) is 136 Å². The highest BCUT2D eigenvalue weighted by atomic mass is 79.9. The number of thiocarbonyl (C=S) groups is 1. The Morgan fingerprint density at radius 3 is 1.19 bits per heavy atom. The van der Waals surface area contributed by atoms with Crippen molar-refractivity contribution < 1.29 is 35.9 Å². The molecule has 0 aliphatic carbocycles. The molecule has 6 atom stereocenters. The average molecular weight is 2320 g/mol. The van der Waals surface area contributed by atoms with Gasteiger partial charge >= 0.3 is 12.2 Å². The van der Waals surface area contributed by atoms with Gasteiger partial charge in [-0.15, -0.1) is 0 Å². The number of halogens is 13. The summed E-state index contributed by atoms with van der Waals surface area (Å²) in [6, 6.07) is 87.2. The van der Waals surface area contributed by atoms with Crippen LogP contribution in [0.4, 0.5) is 36.8 Å². The number of urea groups is 1. The van der Waals surface area contributed by atoms with Gasteiger partial charge in [-0.1, -0.05) is 215 Å². The summed E-state index contributed by atoms with van der Waals surface area (Å²) in [6.45, 7) is 13.6. The van der Waals surface area contributed by atoms with Gasteiger partial charge in [-0.05, 0) is 307 Å². The monoisotopic (exact) mass is 2320 g/mol. The molecule has 6 aromatic heterocycles. The van der Waals surface area contributed by atoms with Crippen molar-refractivity contribution in [3.63, 3.8) is 0 Å². The van der Waals surface area contributed by atoms with Crippen LogP contribution >= 0.6 is 111 Å². The first kappa shape index (κ1) is 103. The Hall–Kier alpha value is -11.9. The van der Waals surface area contributed by atoms with Crippen LogP contribution in [0, 0.1) is 17.5 Å². The summed E-state index contributed by atoms with van der Waals surface area (Å²) < 4.78 is 88.8. The molecule has 6 aliphatic rings. The second kappa shape index (κ2) is 44.7. The highest BCUT2D eigenvalue weighted by Gasteiger charge is 2.39. The molecule has 0 saturated heterocycles. The molecule has 16 nitrogen and oxygen atoms in total. The molecule has 12 N–H and O–H groups in total. The van der Waals surface area contributed by atoms with Crippen LogP contribution in [0.15, 0.2) is 297 Å². The number of aromatic amines is 6. The third-order valence-corrected chi connectivity index (χ3v) is 31.4. The number of hydrogen-bond acceptors (Lipinski definition) is 7. The number of fused-ring (bicyclic) bond motifs is 18. The van der Waals surface area contributed by atoms with Crippen molar-refractivity contribution in [1.82, 2.24) is 66.3 Å². The van der Waals surface area contributed by atoms with Crippen molar-refractivity contribution >= 4 is 193 Å². The van der Waals surface area contributed by atoms with Gasteiger partial charge in [-0.2, -0.15) is 13.2 Å². The Kier molecular flexibility index (Phi) is 31.2. The number of alkyl halides is 3. The van der Waals surface area contributed by atoms with E-state index in [1.54, 1.807) is 24.1 Å². The fraction of sp³-hybridized carbons (Fsp3) is 0.220. The van der Waals surface area contributed by atoms with Crippen LogP contribution < -0.4 is 36.6 Å². The number of rotatable bonds is 10. The molecule has 0 radical (unpaired) electrons. The van der Waals surface area contributed by atoms with Gasteiger partial charge in [-0.25, -0.2) is 18.0 Å². The maximum atomic E-state index is 14.1. The van der Waals surface area contributed by atoms with Crippen LogP contribution in [0.5, 0.6) is 5.75 Å². The van der Waals surface area contributed by atoms with Gasteiger partial charge in [0.25, 0.3) is 0 Å². The Balaban J connectivity index is 0.000000108. The summed E-state index contributed by atoms with van der Waals surface area (Å²) in [4.78, 5) is 38.6. The highest BCUT2D eigenvalue weighted by Crippen LogP contribution is 2.46. The number of nitrogens with zero attached hydrogens (tertiary/aromatic N) is 2. The SMILES string of the molecule is Brc1ccc(C2NCCc3c2[nH]c2ccc(Br)cc32)cc1.CC(C)NC(=S)N1CCc2c([nH]c3ccc(Br)cc23)C1c1ccccc1.CC(C)c1ccc(C2NCCc3c2[nH]c2ccc(Cl)cc32)cc1.COc1ccc(C2c3[nH]c4ccc(Cl)cc4c3CCN2C(=O)Nc2cccc(F)c2)cc1.FC(F)(F)c1ccc(C2NCCc3c2[nH]c2ccc(Cl)cc32)cc1.Fc1ccc(C2NCCc3c2[nH]c2ccc(Br)cc32)c(F)c1. The summed E-state index contributed by atoms with van der Waals surface area (Å²) in [5.41, 5.74) is 28.3. The lowest BCUT2D eigenvalue weighted by molar-refractivity contribution is -0.137. The average Bonchev–Trinajstić information content (AvgIpc) is 1.59. The fourth-order valence-electron chi connectivity index (χ4n) is 21.4. The molecule has 2 amide bonds. The van der Waals surface area contributed by atoms with E-state index in [0.29, 0.717) is 46.2 Å². The van der Waals surface area contributed by atoms with Crippen LogP contribution in [0.3, 0.4) is 0 Å². The van der Waals surface area contributed by atoms with E-state index in [2.05, 4.69) is 292 Å². The van der Waals surface area contributed by atoms with E-state index < -0.39 is 29.2 Å². The summed E-state index contributed by atoms with van der Waals surface area (Å²) >= 11 is 38.5.